The van der Waals surface area contributed by atoms with Crippen LogP contribution in [0.15, 0.2) is 12.7 Å². The summed E-state index contributed by atoms with van der Waals surface area (Å²) >= 11 is 0. The van der Waals surface area contributed by atoms with Crippen LogP contribution in [0.25, 0.3) is 0 Å². The Balaban J connectivity index is 2.35. The van der Waals surface area contributed by atoms with Crippen LogP contribution in [0.1, 0.15) is 65.2 Å². The second kappa shape index (κ2) is 7.96. The molecule has 2 nitrogen and oxygen atoms in total. The van der Waals surface area contributed by atoms with E-state index < -0.39 is 0 Å². The number of aliphatic hydroxyl groups excluding tert-OH is 1. The molecule has 2 unspecified atom stereocenters. The van der Waals surface area contributed by atoms with Crippen molar-refractivity contribution in [1.29, 1.82) is 0 Å². The van der Waals surface area contributed by atoms with Gasteiger partial charge in [-0.15, -0.1) is 6.58 Å². The van der Waals surface area contributed by atoms with Crippen LogP contribution in [-0.4, -0.2) is 34.7 Å². The third-order valence-corrected chi connectivity index (χ3v) is 4.65. The highest BCUT2D eigenvalue weighted by atomic mass is 16.3. The molecule has 0 radical (unpaired) electrons. The molecule has 0 aliphatic carbocycles. The lowest BCUT2D eigenvalue weighted by molar-refractivity contribution is -0.0178. The molecule has 2 atom stereocenters. The molecule has 0 aromatic carbocycles. The van der Waals surface area contributed by atoms with Crippen LogP contribution in [0.3, 0.4) is 0 Å². The van der Waals surface area contributed by atoms with Gasteiger partial charge in [0, 0.05) is 5.54 Å². The van der Waals surface area contributed by atoms with E-state index >= 15 is 0 Å². The molecule has 1 aliphatic heterocycles. The average molecular weight is 253 g/mol. The number of aliphatic hydroxyl groups is 1. The van der Waals surface area contributed by atoms with Crippen LogP contribution in [0.5, 0.6) is 0 Å². The number of hydrogen-bond donors (Lipinski definition) is 1. The lowest BCUT2D eigenvalue weighted by Gasteiger charge is -2.42. The maximum absolute atomic E-state index is 10.5. The van der Waals surface area contributed by atoms with E-state index in [9.17, 15) is 5.11 Å². The van der Waals surface area contributed by atoms with Crippen molar-refractivity contribution in [3.05, 3.63) is 12.7 Å². The normalized spacial score (nSPS) is 21.7. The first-order valence-electron chi connectivity index (χ1n) is 7.69. The predicted octanol–water partition coefficient (Wildman–Crippen LogP) is 3.75. The Kier molecular flexibility index (Phi) is 6.95. The lowest BCUT2D eigenvalue weighted by Crippen LogP contribution is -2.53. The first kappa shape index (κ1) is 15.7. The minimum atomic E-state index is -0.177. The fraction of sp³-hybridized carbons (Fsp3) is 0.875. The Bertz CT molecular complexity index is 235. The zero-order valence-electron chi connectivity index (χ0n) is 12.3. The van der Waals surface area contributed by atoms with Gasteiger partial charge in [0.2, 0.25) is 0 Å². The molecule has 0 saturated carbocycles. The Morgan fingerprint density at radius 3 is 2.50 bits per heavy atom. The van der Waals surface area contributed by atoms with Crippen LogP contribution >= 0.6 is 0 Å². The minimum Gasteiger partial charge on any atom is -0.391 e. The summed E-state index contributed by atoms with van der Waals surface area (Å²) in [7, 11) is 0. The fourth-order valence-electron chi connectivity index (χ4n) is 3.01. The van der Waals surface area contributed by atoms with E-state index in [1.54, 1.807) is 0 Å². The van der Waals surface area contributed by atoms with Crippen molar-refractivity contribution in [3.63, 3.8) is 0 Å². The zero-order valence-corrected chi connectivity index (χ0v) is 12.3. The number of likely N-dealkylation sites (tertiary alicyclic amines) is 1. The summed E-state index contributed by atoms with van der Waals surface area (Å²) in [5.74, 6) is 0. The summed E-state index contributed by atoms with van der Waals surface area (Å²) in [6.07, 6.45) is 11.0. The van der Waals surface area contributed by atoms with E-state index in [4.69, 9.17) is 0 Å². The first-order chi connectivity index (χ1) is 8.65. The second-order valence-electron chi connectivity index (χ2n) is 5.85. The molecular formula is C16H31NO. The van der Waals surface area contributed by atoms with Crippen molar-refractivity contribution in [1.82, 2.24) is 4.90 Å². The van der Waals surface area contributed by atoms with E-state index in [2.05, 4.69) is 25.3 Å². The highest BCUT2D eigenvalue weighted by Gasteiger charge is 2.37. The number of hydrogen-bond acceptors (Lipinski definition) is 2. The molecular weight excluding hydrogens is 222 g/mol. The molecule has 1 fully saturated rings. The van der Waals surface area contributed by atoms with Gasteiger partial charge in [-0.05, 0) is 58.5 Å². The summed E-state index contributed by atoms with van der Waals surface area (Å²) in [4.78, 5) is 2.50. The molecule has 0 amide bonds. The van der Waals surface area contributed by atoms with Gasteiger partial charge in [0.15, 0.2) is 0 Å². The number of allylic oxidation sites excluding steroid dienone is 1. The van der Waals surface area contributed by atoms with Crippen LogP contribution in [0.4, 0.5) is 0 Å². The summed E-state index contributed by atoms with van der Waals surface area (Å²) < 4.78 is 0. The first-order valence-corrected chi connectivity index (χ1v) is 7.69. The summed E-state index contributed by atoms with van der Waals surface area (Å²) in [5, 5.41) is 10.5. The maximum Gasteiger partial charge on any atom is 0.0721 e. The number of unbranched alkanes of at least 4 members (excludes halogenated alkanes) is 3. The van der Waals surface area contributed by atoms with Crippen molar-refractivity contribution in [2.75, 3.05) is 13.1 Å². The quantitative estimate of drug-likeness (QED) is 0.500. The second-order valence-corrected chi connectivity index (χ2v) is 5.85. The van der Waals surface area contributed by atoms with Crippen molar-refractivity contribution in [2.45, 2.75) is 76.9 Å². The van der Waals surface area contributed by atoms with Crippen LogP contribution < -0.4 is 0 Å². The van der Waals surface area contributed by atoms with Crippen molar-refractivity contribution >= 4 is 0 Å². The van der Waals surface area contributed by atoms with Crippen molar-refractivity contribution < 1.29 is 5.11 Å². The van der Waals surface area contributed by atoms with Gasteiger partial charge < -0.3 is 5.11 Å². The molecule has 1 aliphatic rings. The molecule has 0 spiro atoms. The summed E-state index contributed by atoms with van der Waals surface area (Å²) in [6, 6.07) is 0. The Labute approximate surface area is 113 Å². The zero-order chi connectivity index (χ0) is 13.4. The molecule has 0 aromatic rings. The summed E-state index contributed by atoms with van der Waals surface area (Å²) in [5.41, 5.74) is -0.00502. The van der Waals surface area contributed by atoms with E-state index in [1.807, 2.05) is 6.08 Å². The molecule has 0 aromatic heterocycles. The van der Waals surface area contributed by atoms with Gasteiger partial charge >= 0.3 is 0 Å². The largest absolute Gasteiger partial charge is 0.391 e. The molecule has 1 rings (SSSR count). The van der Waals surface area contributed by atoms with Gasteiger partial charge in [0.05, 0.1) is 6.10 Å². The molecule has 1 saturated heterocycles. The topological polar surface area (TPSA) is 23.5 Å². The van der Waals surface area contributed by atoms with Gasteiger partial charge in [0.25, 0.3) is 0 Å². The monoisotopic (exact) mass is 253 g/mol. The van der Waals surface area contributed by atoms with E-state index in [0.717, 1.165) is 38.8 Å². The van der Waals surface area contributed by atoms with Gasteiger partial charge in [-0.3, -0.25) is 4.90 Å². The maximum atomic E-state index is 10.5. The average Bonchev–Trinajstić information content (AvgIpc) is 2.91. The smallest absolute Gasteiger partial charge is 0.0721 e. The minimum absolute atomic E-state index is 0.00502. The molecule has 106 valence electrons. The van der Waals surface area contributed by atoms with E-state index in [1.165, 1.54) is 25.7 Å². The van der Waals surface area contributed by atoms with Gasteiger partial charge in [-0.1, -0.05) is 25.8 Å². The molecule has 1 N–H and O–H groups in total. The highest BCUT2D eigenvalue weighted by Crippen LogP contribution is 2.30. The Morgan fingerprint density at radius 1 is 1.28 bits per heavy atom. The van der Waals surface area contributed by atoms with Crippen molar-refractivity contribution in [2.24, 2.45) is 0 Å². The highest BCUT2D eigenvalue weighted by molar-refractivity contribution is 4.93. The van der Waals surface area contributed by atoms with Gasteiger partial charge in [-0.25, -0.2) is 0 Å². The molecule has 2 heteroatoms. The Hall–Kier alpha value is -0.340. The van der Waals surface area contributed by atoms with E-state index in [-0.39, 0.29) is 11.6 Å². The van der Waals surface area contributed by atoms with E-state index in [0.29, 0.717) is 0 Å². The number of nitrogens with zero attached hydrogens (tertiary/aromatic N) is 1. The third kappa shape index (κ3) is 4.10. The lowest BCUT2D eigenvalue weighted by atomic mass is 9.86. The third-order valence-electron chi connectivity index (χ3n) is 4.65. The fourth-order valence-corrected chi connectivity index (χ4v) is 3.01. The predicted molar refractivity (Wildman–Crippen MR) is 78.8 cm³/mol. The van der Waals surface area contributed by atoms with Crippen LogP contribution in [0, 0.1) is 0 Å². The molecule has 1 heterocycles. The van der Waals surface area contributed by atoms with Gasteiger partial charge in [0.1, 0.15) is 0 Å². The molecule has 0 bridgehead atoms. The molecule has 18 heavy (non-hydrogen) atoms. The van der Waals surface area contributed by atoms with Crippen LogP contribution in [-0.2, 0) is 0 Å². The summed E-state index contributed by atoms with van der Waals surface area (Å²) in [6.45, 7) is 10.5. The SMILES string of the molecule is C=CCCCCCC(O)C(C)(CC)N1CCCC1. The Morgan fingerprint density at radius 2 is 1.94 bits per heavy atom. The standard InChI is InChI=1S/C16H31NO/c1-4-6-7-8-9-12-15(18)16(3,5-2)17-13-10-11-14-17/h4,15,18H,1,5-14H2,2-3H3. The number of rotatable bonds is 9. The van der Waals surface area contributed by atoms with Gasteiger partial charge in [-0.2, -0.15) is 0 Å². The van der Waals surface area contributed by atoms with Crippen molar-refractivity contribution in [3.8, 4) is 0 Å². The van der Waals surface area contributed by atoms with Crippen LogP contribution in [0.2, 0.25) is 0 Å².